The molecule has 3 aliphatic rings. The van der Waals surface area contributed by atoms with Gasteiger partial charge in [0.2, 0.25) is 6.41 Å². The van der Waals surface area contributed by atoms with Crippen LogP contribution >= 0.6 is 0 Å². The SMILES string of the molecule is CC(C)Oc1ccc2c(c1)[C@]13CCCCC1[C@@H](C2)N(C=O)CC3. The summed E-state index contributed by atoms with van der Waals surface area (Å²) in [4.78, 5) is 13.6. The summed E-state index contributed by atoms with van der Waals surface area (Å²) in [5.41, 5.74) is 3.25. The van der Waals surface area contributed by atoms with Gasteiger partial charge in [0.25, 0.3) is 0 Å². The highest BCUT2D eigenvalue weighted by Gasteiger charge is 2.53. The zero-order chi connectivity index (χ0) is 16.0. The topological polar surface area (TPSA) is 29.5 Å². The number of likely N-dealkylation sites (tertiary alicyclic amines) is 1. The van der Waals surface area contributed by atoms with E-state index < -0.39 is 0 Å². The van der Waals surface area contributed by atoms with Gasteiger partial charge in [-0.05, 0) is 68.7 Å². The van der Waals surface area contributed by atoms with Gasteiger partial charge in [-0.15, -0.1) is 0 Å². The van der Waals surface area contributed by atoms with Crippen LogP contribution in [0.3, 0.4) is 0 Å². The molecule has 2 bridgehead atoms. The van der Waals surface area contributed by atoms with Crippen molar-refractivity contribution in [2.75, 3.05) is 6.54 Å². The van der Waals surface area contributed by atoms with Gasteiger partial charge in [-0.2, -0.15) is 0 Å². The van der Waals surface area contributed by atoms with E-state index in [1.54, 1.807) is 0 Å². The van der Waals surface area contributed by atoms with E-state index in [1.165, 1.54) is 36.8 Å². The summed E-state index contributed by atoms with van der Waals surface area (Å²) in [5, 5.41) is 0. The van der Waals surface area contributed by atoms with Crippen LogP contribution in [0.4, 0.5) is 0 Å². The Balaban J connectivity index is 1.80. The molecule has 2 fully saturated rings. The molecule has 23 heavy (non-hydrogen) atoms. The first-order chi connectivity index (χ1) is 11.1. The molecule has 1 saturated carbocycles. The monoisotopic (exact) mass is 313 g/mol. The molecule has 1 aromatic rings. The van der Waals surface area contributed by atoms with Crippen molar-refractivity contribution in [2.45, 2.75) is 69.9 Å². The zero-order valence-electron chi connectivity index (χ0n) is 14.3. The highest BCUT2D eigenvalue weighted by Crippen LogP contribution is 2.55. The average Bonchev–Trinajstić information content (AvgIpc) is 2.55. The molecule has 3 nitrogen and oxygen atoms in total. The van der Waals surface area contributed by atoms with E-state index in [9.17, 15) is 4.79 Å². The van der Waals surface area contributed by atoms with Crippen LogP contribution < -0.4 is 4.74 Å². The summed E-state index contributed by atoms with van der Waals surface area (Å²) < 4.78 is 5.97. The van der Waals surface area contributed by atoms with Crippen LogP contribution in [0, 0.1) is 5.92 Å². The van der Waals surface area contributed by atoms with Crippen LogP contribution in [0.5, 0.6) is 5.75 Å². The third-order valence-corrected chi connectivity index (χ3v) is 6.36. The predicted molar refractivity (Wildman–Crippen MR) is 90.7 cm³/mol. The number of rotatable bonds is 3. The second-order valence-electron chi connectivity index (χ2n) is 7.86. The first-order valence-corrected chi connectivity index (χ1v) is 9.15. The number of carbonyl (C=O) groups excluding carboxylic acids is 1. The lowest BCUT2D eigenvalue weighted by atomic mass is 9.52. The predicted octanol–water partition coefficient (Wildman–Crippen LogP) is 3.69. The summed E-state index contributed by atoms with van der Waals surface area (Å²) in [7, 11) is 0. The molecule has 1 aliphatic heterocycles. The molecule has 124 valence electrons. The smallest absolute Gasteiger partial charge is 0.209 e. The largest absolute Gasteiger partial charge is 0.491 e. The van der Waals surface area contributed by atoms with Crippen LogP contribution in [-0.2, 0) is 16.6 Å². The lowest BCUT2D eigenvalue weighted by molar-refractivity contribution is -0.126. The highest BCUT2D eigenvalue weighted by atomic mass is 16.5. The third-order valence-electron chi connectivity index (χ3n) is 6.36. The maximum absolute atomic E-state index is 11.5. The number of fused-ring (bicyclic) bond motifs is 1. The standard InChI is InChI=1S/C20H27NO2/c1-14(2)23-16-7-6-15-11-19-17-5-3-4-8-20(17,18(15)12-16)9-10-21(19)13-22/h6-7,12-14,17,19H,3-5,8-11H2,1-2H3/t17?,19-,20+/m1/s1. The number of carbonyl (C=O) groups is 1. The number of hydrogen-bond acceptors (Lipinski definition) is 2. The Hall–Kier alpha value is -1.51. The zero-order valence-corrected chi connectivity index (χ0v) is 14.3. The number of ether oxygens (including phenoxy) is 1. The highest BCUT2D eigenvalue weighted by molar-refractivity contribution is 5.52. The molecule has 4 rings (SSSR count). The summed E-state index contributed by atoms with van der Waals surface area (Å²) in [6, 6.07) is 7.09. The molecule has 3 atom stereocenters. The van der Waals surface area contributed by atoms with Gasteiger partial charge in [0.15, 0.2) is 0 Å². The number of hydrogen-bond donors (Lipinski definition) is 0. The lowest BCUT2D eigenvalue weighted by Crippen LogP contribution is -2.60. The van der Waals surface area contributed by atoms with Crippen LogP contribution in [0.1, 0.15) is 57.1 Å². The van der Waals surface area contributed by atoms with E-state index in [-0.39, 0.29) is 11.5 Å². The van der Waals surface area contributed by atoms with E-state index in [1.807, 2.05) is 0 Å². The fraction of sp³-hybridized carbons (Fsp3) is 0.650. The molecule has 1 saturated heterocycles. The molecule has 1 unspecified atom stereocenters. The molecule has 3 heteroatoms. The van der Waals surface area contributed by atoms with E-state index in [2.05, 4.69) is 36.9 Å². The first kappa shape index (κ1) is 15.0. The minimum Gasteiger partial charge on any atom is -0.491 e. The summed E-state index contributed by atoms with van der Waals surface area (Å²) in [6.45, 7) is 5.08. The quantitative estimate of drug-likeness (QED) is 0.797. The van der Waals surface area contributed by atoms with E-state index >= 15 is 0 Å². The minimum absolute atomic E-state index is 0.209. The molecular formula is C20H27NO2. The van der Waals surface area contributed by atoms with Crippen molar-refractivity contribution < 1.29 is 9.53 Å². The van der Waals surface area contributed by atoms with E-state index in [4.69, 9.17) is 4.74 Å². The molecule has 1 amide bonds. The second kappa shape index (κ2) is 5.54. The Kier molecular flexibility index (Phi) is 3.62. The minimum atomic E-state index is 0.209. The van der Waals surface area contributed by atoms with Crippen molar-refractivity contribution >= 4 is 6.41 Å². The van der Waals surface area contributed by atoms with Crippen LogP contribution in [0.15, 0.2) is 18.2 Å². The number of benzene rings is 1. The van der Waals surface area contributed by atoms with Gasteiger partial charge in [0, 0.05) is 18.0 Å². The van der Waals surface area contributed by atoms with Gasteiger partial charge >= 0.3 is 0 Å². The van der Waals surface area contributed by atoms with Gasteiger partial charge in [0.1, 0.15) is 5.75 Å². The van der Waals surface area contributed by atoms with Crippen molar-refractivity contribution in [1.82, 2.24) is 4.90 Å². The Morgan fingerprint density at radius 2 is 2.17 bits per heavy atom. The fourth-order valence-corrected chi connectivity index (χ4v) is 5.49. The van der Waals surface area contributed by atoms with Gasteiger partial charge in [-0.3, -0.25) is 4.79 Å². The Morgan fingerprint density at radius 3 is 2.96 bits per heavy atom. The summed E-state index contributed by atoms with van der Waals surface area (Å²) >= 11 is 0. The van der Waals surface area contributed by atoms with Crippen molar-refractivity contribution in [1.29, 1.82) is 0 Å². The van der Waals surface area contributed by atoms with Gasteiger partial charge < -0.3 is 9.64 Å². The normalized spacial score (nSPS) is 32.2. The molecule has 0 spiro atoms. The average molecular weight is 313 g/mol. The number of piperidine rings is 1. The van der Waals surface area contributed by atoms with Crippen molar-refractivity contribution in [3.63, 3.8) is 0 Å². The number of nitrogens with zero attached hydrogens (tertiary/aromatic N) is 1. The molecule has 0 aromatic heterocycles. The Bertz CT molecular complexity index is 612. The molecule has 0 radical (unpaired) electrons. The van der Waals surface area contributed by atoms with Crippen LogP contribution in [0.2, 0.25) is 0 Å². The fourth-order valence-electron chi connectivity index (χ4n) is 5.49. The van der Waals surface area contributed by atoms with Gasteiger partial charge in [0.05, 0.1) is 6.10 Å². The van der Waals surface area contributed by atoms with Gasteiger partial charge in [-0.25, -0.2) is 0 Å². The number of amides is 1. The summed E-state index contributed by atoms with van der Waals surface area (Å²) in [6.07, 6.45) is 8.60. The summed E-state index contributed by atoms with van der Waals surface area (Å²) in [5.74, 6) is 1.64. The maximum Gasteiger partial charge on any atom is 0.209 e. The lowest BCUT2D eigenvalue weighted by Gasteiger charge is -2.58. The van der Waals surface area contributed by atoms with E-state index in [0.717, 1.165) is 31.5 Å². The first-order valence-electron chi connectivity index (χ1n) is 9.15. The van der Waals surface area contributed by atoms with Crippen molar-refractivity contribution in [3.05, 3.63) is 29.3 Å². The molecule has 2 aliphatic carbocycles. The maximum atomic E-state index is 11.5. The molecule has 1 aromatic carbocycles. The van der Waals surface area contributed by atoms with Crippen LogP contribution in [0.25, 0.3) is 0 Å². The Morgan fingerprint density at radius 1 is 1.30 bits per heavy atom. The molecular weight excluding hydrogens is 286 g/mol. The van der Waals surface area contributed by atoms with Gasteiger partial charge in [-0.1, -0.05) is 18.9 Å². The van der Waals surface area contributed by atoms with E-state index in [0.29, 0.717) is 12.0 Å². The third kappa shape index (κ3) is 2.28. The molecule has 0 N–H and O–H groups in total. The van der Waals surface area contributed by atoms with Crippen molar-refractivity contribution in [3.8, 4) is 5.75 Å². The Labute approximate surface area is 139 Å². The molecule has 1 heterocycles. The van der Waals surface area contributed by atoms with Crippen LogP contribution in [-0.4, -0.2) is 30.0 Å². The second-order valence-corrected chi connectivity index (χ2v) is 7.86. The van der Waals surface area contributed by atoms with Crippen molar-refractivity contribution in [2.24, 2.45) is 5.92 Å².